The summed E-state index contributed by atoms with van der Waals surface area (Å²) in [6.07, 6.45) is 9.31. The summed E-state index contributed by atoms with van der Waals surface area (Å²) in [4.78, 5) is 3.63. The van der Waals surface area contributed by atoms with E-state index in [2.05, 4.69) is 61.8 Å². The van der Waals surface area contributed by atoms with Crippen LogP contribution in [0, 0.1) is 6.92 Å². The zero-order valence-corrected chi connectivity index (χ0v) is 24.4. The summed E-state index contributed by atoms with van der Waals surface area (Å²) in [5.74, 6) is 0.368. The molecule has 0 amide bonds. The van der Waals surface area contributed by atoms with Crippen molar-refractivity contribution in [2.45, 2.75) is 30.5 Å². The molecule has 0 N–H and O–H groups in total. The van der Waals surface area contributed by atoms with E-state index in [0.717, 1.165) is 21.5 Å². The van der Waals surface area contributed by atoms with Crippen LogP contribution < -0.4 is 0 Å². The summed E-state index contributed by atoms with van der Waals surface area (Å²) in [6.45, 7) is 9.50. The van der Waals surface area contributed by atoms with Crippen molar-refractivity contribution in [2.75, 3.05) is 19.8 Å². The Morgan fingerprint density at radius 1 is 1.08 bits per heavy atom. The lowest BCUT2D eigenvalue weighted by Gasteiger charge is -2.31. The average molecular weight is 562 g/mol. The standard InChI is InChI=1S/C15H16FNS2.C10H10.C4H7FS2/c1-10-5-3-4-6-11(10)13-8-17(2)9-14-12(13)7-15(18-14)19-16;1-2-3-7-10-8-5-4-6-9-10;1-3-4(6-2)7-5/h3-7,13H,8-9H2,1-2H3;2-9H,1H2;3H,1-2H3/b;7-3+;4-3+. The Morgan fingerprint density at radius 3 is 2.33 bits per heavy atom. The number of aryl methyl sites for hydroxylation is 1. The molecule has 192 valence electrons. The number of allylic oxidation sites excluding steroid dienone is 3. The van der Waals surface area contributed by atoms with Crippen LogP contribution in [0.2, 0.25) is 0 Å². The van der Waals surface area contributed by atoms with E-state index < -0.39 is 0 Å². The van der Waals surface area contributed by atoms with Gasteiger partial charge in [0.25, 0.3) is 0 Å². The van der Waals surface area contributed by atoms with Gasteiger partial charge in [-0.2, -0.15) is 7.77 Å². The fourth-order valence-electron chi connectivity index (χ4n) is 3.77. The number of hydrogen-bond acceptors (Lipinski definition) is 5. The zero-order valence-electron chi connectivity index (χ0n) is 21.1. The Kier molecular flexibility index (Phi) is 14.3. The molecule has 2 aromatic carbocycles. The van der Waals surface area contributed by atoms with Crippen molar-refractivity contribution in [1.29, 1.82) is 0 Å². The molecule has 1 aliphatic heterocycles. The molecule has 0 saturated carbocycles. The van der Waals surface area contributed by atoms with Gasteiger partial charge >= 0.3 is 0 Å². The first-order valence-electron chi connectivity index (χ1n) is 11.5. The van der Waals surface area contributed by atoms with Gasteiger partial charge in [-0.25, -0.2) is 0 Å². The highest BCUT2D eigenvalue weighted by Crippen LogP contribution is 2.41. The van der Waals surface area contributed by atoms with Crippen molar-refractivity contribution in [3.8, 4) is 0 Å². The number of rotatable bonds is 6. The van der Waals surface area contributed by atoms with Gasteiger partial charge in [0.1, 0.15) is 0 Å². The van der Waals surface area contributed by atoms with Gasteiger partial charge in [-0.05, 0) is 55.5 Å². The normalized spacial score (nSPS) is 15.4. The molecule has 7 heteroatoms. The molecule has 1 atom stereocenters. The molecule has 36 heavy (non-hydrogen) atoms. The van der Waals surface area contributed by atoms with Crippen molar-refractivity contribution in [3.63, 3.8) is 0 Å². The SMILES string of the molecule is C/C=C(\SC)SF.C=C/C=C/c1ccccc1.Cc1ccccc1C1CN(C)Cc2sc(SF)cc21. The Bertz CT molecular complexity index is 1120. The number of halogens is 2. The second kappa shape index (κ2) is 16.9. The van der Waals surface area contributed by atoms with E-state index in [0.29, 0.717) is 30.2 Å². The van der Waals surface area contributed by atoms with Crippen LogP contribution in [0.3, 0.4) is 0 Å². The maximum atomic E-state index is 12.8. The summed E-state index contributed by atoms with van der Waals surface area (Å²) in [6, 6.07) is 20.7. The predicted octanol–water partition coefficient (Wildman–Crippen LogP) is 10.3. The Labute approximate surface area is 232 Å². The molecule has 2 heterocycles. The van der Waals surface area contributed by atoms with Gasteiger partial charge in [-0.15, -0.1) is 23.1 Å². The number of likely N-dealkylation sites (N-methyl/N-ethyl adjacent to an activating group) is 1. The number of benzene rings is 2. The van der Waals surface area contributed by atoms with Crippen molar-refractivity contribution in [2.24, 2.45) is 0 Å². The molecule has 1 aliphatic rings. The number of nitrogens with zero attached hydrogens (tertiary/aromatic N) is 1. The van der Waals surface area contributed by atoms with E-state index in [1.807, 2.05) is 49.6 Å². The van der Waals surface area contributed by atoms with Crippen LogP contribution in [0.5, 0.6) is 0 Å². The van der Waals surface area contributed by atoms with Crippen LogP contribution in [0.4, 0.5) is 7.77 Å². The zero-order chi connectivity index (χ0) is 26.3. The fourth-order valence-corrected chi connectivity index (χ4v) is 5.98. The number of fused-ring (bicyclic) bond motifs is 1. The highest BCUT2D eigenvalue weighted by atomic mass is 32.2. The Morgan fingerprint density at radius 2 is 1.78 bits per heavy atom. The van der Waals surface area contributed by atoms with Crippen LogP contribution in [0.1, 0.15) is 40.0 Å². The molecule has 0 aliphatic carbocycles. The Balaban J connectivity index is 0.000000225. The molecule has 1 nitrogen and oxygen atoms in total. The largest absolute Gasteiger partial charge is 0.300 e. The smallest absolute Gasteiger partial charge is 0.0937 e. The van der Waals surface area contributed by atoms with Gasteiger partial charge in [0.2, 0.25) is 0 Å². The monoisotopic (exact) mass is 561 g/mol. The van der Waals surface area contributed by atoms with E-state index in [1.54, 1.807) is 23.5 Å². The highest BCUT2D eigenvalue weighted by Gasteiger charge is 2.28. The van der Waals surface area contributed by atoms with Crippen molar-refractivity contribution in [1.82, 2.24) is 4.90 Å². The summed E-state index contributed by atoms with van der Waals surface area (Å²) in [5, 5.41) is 0. The van der Waals surface area contributed by atoms with E-state index in [9.17, 15) is 7.77 Å². The highest BCUT2D eigenvalue weighted by molar-refractivity contribution is 8.19. The Hall–Kier alpha value is -1.77. The van der Waals surface area contributed by atoms with Gasteiger partial charge in [0, 0.05) is 23.9 Å². The van der Waals surface area contributed by atoms with Gasteiger partial charge < -0.3 is 4.90 Å². The number of thiophene rings is 1. The van der Waals surface area contributed by atoms with Crippen molar-refractivity contribution in [3.05, 3.63) is 117 Å². The lowest BCUT2D eigenvalue weighted by Crippen LogP contribution is -2.30. The van der Waals surface area contributed by atoms with Crippen LogP contribution in [0.25, 0.3) is 6.08 Å². The lowest BCUT2D eigenvalue weighted by atomic mass is 9.86. The third-order valence-corrected chi connectivity index (χ3v) is 8.83. The van der Waals surface area contributed by atoms with Crippen LogP contribution in [0.15, 0.2) is 93.9 Å². The first-order chi connectivity index (χ1) is 17.5. The second-order valence-corrected chi connectivity index (χ2v) is 11.7. The van der Waals surface area contributed by atoms with Gasteiger partial charge in [-0.1, -0.05) is 85.5 Å². The number of thioether (sulfide) groups is 1. The summed E-state index contributed by atoms with van der Waals surface area (Å²) < 4.78 is 25.8. The van der Waals surface area contributed by atoms with Gasteiger partial charge in [0.15, 0.2) is 0 Å². The summed E-state index contributed by atoms with van der Waals surface area (Å²) in [7, 11) is 2.14. The van der Waals surface area contributed by atoms with Crippen LogP contribution in [-0.2, 0) is 6.54 Å². The van der Waals surface area contributed by atoms with Crippen molar-refractivity contribution >= 4 is 53.5 Å². The molecular formula is C29H33F2NS4. The first-order valence-corrected chi connectivity index (χ1v) is 14.9. The average Bonchev–Trinajstić information content (AvgIpc) is 3.33. The molecule has 1 aromatic heterocycles. The first kappa shape index (κ1) is 30.5. The third-order valence-electron chi connectivity index (χ3n) is 5.48. The molecule has 4 rings (SSSR count). The molecule has 3 aromatic rings. The molecule has 0 bridgehead atoms. The minimum Gasteiger partial charge on any atom is -0.300 e. The molecule has 1 unspecified atom stereocenters. The molecule has 0 radical (unpaired) electrons. The quantitative estimate of drug-likeness (QED) is 0.275. The van der Waals surface area contributed by atoms with E-state index in [1.165, 1.54) is 38.9 Å². The van der Waals surface area contributed by atoms with Gasteiger partial charge in [0.05, 0.1) is 32.7 Å². The maximum Gasteiger partial charge on any atom is 0.0937 e. The number of hydrogen-bond donors (Lipinski definition) is 0. The minimum atomic E-state index is 0.294. The lowest BCUT2D eigenvalue weighted by molar-refractivity contribution is 0.299. The fraction of sp³-hybridized carbons (Fsp3) is 0.241. The molecule has 0 fully saturated rings. The summed E-state index contributed by atoms with van der Waals surface area (Å²) >= 11 is 3.67. The van der Waals surface area contributed by atoms with Crippen molar-refractivity contribution < 1.29 is 7.77 Å². The van der Waals surface area contributed by atoms with Crippen LogP contribution >= 0.6 is 47.4 Å². The second-order valence-electron chi connectivity index (χ2n) is 8.02. The van der Waals surface area contributed by atoms with Crippen LogP contribution in [-0.4, -0.2) is 24.7 Å². The van der Waals surface area contributed by atoms with E-state index in [-0.39, 0.29) is 0 Å². The van der Waals surface area contributed by atoms with E-state index >= 15 is 0 Å². The summed E-state index contributed by atoms with van der Waals surface area (Å²) in [5.41, 5.74) is 5.21. The molecule has 0 saturated heterocycles. The minimum absolute atomic E-state index is 0.294. The van der Waals surface area contributed by atoms with Gasteiger partial charge in [-0.3, -0.25) is 0 Å². The van der Waals surface area contributed by atoms with E-state index in [4.69, 9.17) is 0 Å². The molecule has 0 spiro atoms. The molecular weight excluding hydrogens is 529 g/mol. The maximum absolute atomic E-state index is 12.8. The third kappa shape index (κ3) is 9.60. The predicted molar refractivity (Wildman–Crippen MR) is 162 cm³/mol. The topological polar surface area (TPSA) is 3.24 Å².